The lowest BCUT2D eigenvalue weighted by Gasteiger charge is -2.32. The van der Waals surface area contributed by atoms with Gasteiger partial charge in [0.2, 0.25) is 0 Å². The molecule has 2 aliphatic carbocycles. The van der Waals surface area contributed by atoms with Gasteiger partial charge in [0.05, 0.1) is 6.04 Å². The highest BCUT2D eigenvalue weighted by atomic mass is 32.2. The number of aliphatic imine (C=N–C) groups is 1. The van der Waals surface area contributed by atoms with Gasteiger partial charge in [-0.2, -0.15) is 0 Å². The van der Waals surface area contributed by atoms with Gasteiger partial charge >= 0.3 is 0 Å². The average molecular weight is 266 g/mol. The molecule has 0 aromatic rings. The van der Waals surface area contributed by atoms with E-state index in [1.807, 2.05) is 11.8 Å². The summed E-state index contributed by atoms with van der Waals surface area (Å²) in [5.41, 5.74) is 1.13. The summed E-state index contributed by atoms with van der Waals surface area (Å²) >= 11 is 1.96. The maximum Gasteiger partial charge on any atom is 0.157 e. The van der Waals surface area contributed by atoms with Crippen molar-refractivity contribution in [3.05, 3.63) is 0 Å². The Morgan fingerprint density at radius 2 is 1.67 bits per heavy atom. The minimum Gasteiger partial charge on any atom is -0.359 e. The Labute approximate surface area is 115 Å². The van der Waals surface area contributed by atoms with Crippen LogP contribution < -0.4 is 5.32 Å². The summed E-state index contributed by atoms with van der Waals surface area (Å²) in [5.74, 6) is 1.24. The monoisotopic (exact) mass is 266 g/mol. The minimum absolute atomic E-state index is 0.366. The second kappa shape index (κ2) is 3.91. The van der Waals surface area contributed by atoms with Gasteiger partial charge in [-0.1, -0.05) is 58.7 Å². The predicted molar refractivity (Wildman–Crippen MR) is 80.2 cm³/mol. The quantitative estimate of drug-likeness (QED) is 0.780. The van der Waals surface area contributed by atoms with Crippen LogP contribution in [0.3, 0.4) is 0 Å². The summed E-state index contributed by atoms with van der Waals surface area (Å²) in [7, 11) is 0. The Hall–Kier alpha value is -0.180. The van der Waals surface area contributed by atoms with Crippen LogP contribution in [0.15, 0.2) is 4.99 Å². The maximum absolute atomic E-state index is 5.01. The lowest BCUT2D eigenvalue weighted by molar-refractivity contribution is 0.303. The van der Waals surface area contributed by atoms with Gasteiger partial charge in [-0.15, -0.1) is 0 Å². The first-order valence-electron chi connectivity index (χ1n) is 7.36. The molecule has 102 valence electrons. The molecule has 3 fully saturated rings. The second-order valence-electron chi connectivity index (χ2n) is 7.53. The number of nitrogens with zero attached hydrogens (tertiary/aromatic N) is 1. The van der Waals surface area contributed by atoms with E-state index in [0.29, 0.717) is 22.4 Å². The molecule has 2 nitrogen and oxygen atoms in total. The normalized spacial score (nSPS) is 34.8. The SMILES string of the molecule is CC1(C)C(N=C2NC3(CCCCC3)CS2)C1(C)C. The van der Waals surface area contributed by atoms with Gasteiger partial charge in [-0.05, 0) is 23.7 Å². The molecule has 1 saturated heterocycles. The molecule has 1 spiro atoms. The lowest BCUT2D eigenvalue weighted by atomic mass is 9.83. The first-order valence-corrected chi connectivity index (χ1v) is 8.35. The highest BCUT2D eigenvalue weighted by Gasteiger charge is 2.65. The van der Waals surface area contributed by atoms with E-state index in [1.54, 1.807) is 0 Å². The second-order valence-corrected chi connectivity index (χ2v) is 8.50. The Balaban J connectivity index is 1.70. The molecule has 0 unspecified atom stereocenters. The molecule has 18 heavy (non-hydrogen) atoms. The van der Waals surface area contributed by atoms with E-state index < -0.39 is 0 Å². The topological polar surface area (TPSA) is 24.4 Å². The predicted octanol–water partition coefficient (Wildman–Crippen LogP) is 3.82. The molecule has 0 aromatic carbocycles. The van der Waals surface area contributed by atoms with Gasteiger partial charge in [0, 0.05) is 11.3 Å². The fraction of sp³-hybridized carbons (Fsp3) is 0.933. The Bertz CT molecular complexity index is 364. The zero-order valence-electron chi connectivity index (χ0n) is 12.2. The summed E-state index contributed by atoms with van der Waals surface area (Å²) in [6.07, 6.45) is 6.89. The van der Waals surface area contributed by atoms with Gasteiger partial charge in [-0.3, -0.25) is 4.99 Å². The first-order chi connectivity index (χ1) is 8.37. The highest BCUT2D eigenvalue weighted by Crippen LogP contribution is 2.64. The van der Waals surface area contributed by atoms with Crippen molar-refractivity contribution in [1.29, 1.82) is 0 Å². The average Bonchev–Trinajstić information content (AvgIpc) is 2.65. The molecule has 0 aromatic heterocycles. The van der Waals surface area contributed by atoms with Crippen molar-refractivity contribution in [2.75, 3.05) is 5.75 Å². The molecular weight excluding hydrogens is 240 g/mol. The lowest BCUT2D eigenvalue weighted by Crippen LogP contribution is -2.45. The van der Waals surface area contributed by atoms with E-state index in [4.69, 9.17) is 4.99 Å². The highest BCUT2D eigenvalue weighted by molar-refractivity contribution is 8.14. The molecular formula is C15H26N2S. The number of nitrogens with one attached hydrogen (secondary N) is 1. The molecule has 2 saturated carbocycles. The van der Waals surface area contributed by atoms with E-state index in [2.05, 4.69) is 33.0 Å². The van der Waals surface area contributed by atoms with Crippen molar-refractivity contribution in [2.45, 2.75) is 71.4 Å². The first kappa shape index (κ1) is 12.8. The number of hydrogen-bond acceptors (Lipinski definition) is 2. The summed E-state index contributed by atoms with van der Waals surface area (Å²) in [5, 5.41) is 4.99. The van der Waals surface area contributed by atoms with Gasteiger partial charge in [-0.25, -0.2) is 0 Å². The van der Waals surface area contributed by atoms with Gasteiger partial charge in [0.1, 0.15) is 0 Å². The summed E-state index contributed by atoms with van der Waals surface area (Å²) in [4.78, 5) is 5.01. The van der Waals surface area contributed by atoms with E-state index in [1.165, 1.54) is 43.0 Å². The molecule has 0 bridgehead atoms. The molecule has 3 heteroatoms. The molecule has 0 atom stereocenters. The van der Waals surface area contributed by atoms with Crippen molar-refractivity contribution in [3.8, 4) is 0 Å². The number of rotatable bonds is 1. The third kappa shape index (κ3) is 1.81. The zero-order valence-corrected chi connectivity index (χ0v) is 13.0. The van der Waals surface area contributed by atoms with Gasteiger partial charge < -0.3 is 5.32 Å². The molecule has 1 heterocycles. The maximum atomic E-state index is 5.01. The van der Waals surface area contributed by atoms with E-state index in [-0.39, 0.29) is 0 Å². The number of hydrogen-bond donors (Lipinski definition) is 1. The number of amidine groups is 1. The van der Waals surface area contributed by atoms with Crippen molar-refractivity contribution >= 4 is 16.9 Å². The molecule has 3 aliphatic rings. The summed E-state index contributed by atoms with van der Waals surface area (Å²) in [6, 6.07) is 0.499. The molecule has 1 aliphatic heterocycles. The third-order valence-corrected chi connectivity index (χ3v) is 7.04. The van der Waals surface area contributed by atoms with Crippen molar-refractivity contribution < 1.29 is 0 Å². The van der Waals surface area contributed by atoms with Gasteiger partial charge in [0.25, 0.3) is 0 Å². The zero-order chi connectivity index (χ0) is 13.0. The summed E-state index contributed by atoms with van der Waals surface area (Å²) in [6.45, 7) is 9.38. The molecule has 0 radical (unpaired) electrons. The van der Waals surface area contributed by atoms with E-state index >= 15 is 0 Å². The standard InChI is InChI=1S/C15H26N2S/c1-13(2)11(14(13,3)4)16-12-17-15(10-18-12)8-6-5-7-9-15/h11H,5-10H2,1-4H3,(H,16,17). The fourth-order valence-corrected chi connectivity index (χ4v) is 4.92. The van der Waals surface area contributed by atoms with Crippen molar-refractivity contribution in [1.82, 2.24) is 5.32 Å². The van der Waals surface area contributed by atoms with Crippen molar-refractivity contribution in [3.63, 3.8) is 0 Å². The summed E-state index contributed by atoms with van der Waals surface area (Å²) < 4.78 is 0. The van der Waals surface area contributed by atoms with Crippen LogP contribution in [-0.2, 0) is 0 Å². The third-order valence-electron chi connectivity index (χ3n) is 5.86. The van der Waals surface area contributed by atoms with Crippen LogP contribution in [0.1, 0.15) is 59.8 Å². The number of thioether (sulfide) groups is 1. The molecule has 1 N–H and O–H groups in total. The van der Waals surface area contributed by atoms with E-state index in [9.17, 15) is 0 Å². The van der Waals surface area contributed by atoms with Crippen LogP contribution >= 0.6 is 11.8 Å². The van der Waals surface area contributed by atoms with Crippen LogP contribution in [-0.4, -0.2) is 22.5 Å². The van der Waals surface area contributed by atoms with Crippen LogP contribution in [0.2, 0.25) is 0 Å². The van der Waals surface area contributed by atoms with Gasteiger partial charge in [0.15, 0.2) is 5.17 Å². The van der Waals surface area contributed by atoms with Crippen LogP contribution in [0.25, 0.3) is 0 Å². The minimum atomic E-state index is 0.366. The Kier molecular flexibility index (Phi) is 2.79. The Morgan fingerprint density at radius 1 is 1.06 bits per heavy atom. The van der Waals surface area contributed by atoms with E-state index in [0.717, 1.165) is 0 Å². The fourth-order valence-electron chi connectivity index (χ4n) is 3.67. The largest absolute Gasteiger partial charge is 0.359 e. The van der Waals surface area contributed by atoms with Crippen LogP contribution in [0.4, 0.5) is 0 Å². The van der Waals surface area contributed by atoms with Crippen LogP contribution in [0, 0.1) is 10.8 Å². The van der Waals surface area contributed by atoms with Crippen molar-refractivity contribution in [2.24, 2.45) is 15.8 Å². The Morgan fingerprint density at radius 3 is 2.22 bits per heavy atom. The molecule has 0 amide bonds. The smallest absolute Gasteiger partial charge is 0.157 e. The molecule has 3 rings (SSSR count). The van der Waals surface area contributed by atoms with Crippen LogP contribution in [0.5, 0.6) is 0 Å².